The molecule has 0 unspecified atom stereocenters. The van der Waals surface area contributed by atoms with Crippen LogP contribution in [0.15, 0.2) is 12.1 Å². The molecule has 1 N–H and O–H groups in total. The van der Waals surface area contributed by atoms with E-state index in [4.69, 9.17) is 23.2 Å². The fourth-order valence-electron chi connectivity index (χ4n) is 1.27. The largest absolute Gasteiger partial charge is 0.329 e. The lowest BCUT2D eigenvalue weighted by atomic mass is 10.3. The van der Waals surface area contributed by atoms with Gasteiger partial charge in [-0.15, -0.1) is 0 Å². The summed E-state index contributed by atoms with van der Waals surface area (Å²) in [4.78, 5) is 27.3. The van der Waals surface area contributed by atoms with E-state index < -0.39 is 6.03 Å². The molecule has 1 aliphatic rings. The number of carbonyl (C=O) groups excluding carboxylic acids is 2. The minimum Gasteiger partial charge on any atom is -0.328 e. The van der Waals surface area contributed by atoms with E-state index in [0.717, 1.165) is 4.90 Å². The third-order valence-electron chi connectivity index (χ3n) is 1.85. The topological polar surface area (TPSA) is 62.3 Å². The summed E-state index contributed by atoms with van der Waals surface area (Å²) in [5, 5.41) is 2.65. The predicted octanol–water partition coefficient (Wildman–Crippen LogP) is 1.44. The van der Waals surface area contributed by atoms with Crippen molar-refractivity contribution in [2.24, 2.45) is 0 Å². The van der Waals surface area contributed by atoms with Gasteiger partial charge in [-0.25, -0.2) is 14.7 Å². The number of nitrogens with zero attached hydrogens (tertiary/aromatic N) is 2. The van der Waals surface area contributed by atoms with Crippen molar-refractivity contribution >= 4 is 40.8 Å². The SMILES string of the molecule is O=C1CNC(=O)N1c1cc(Cl)nc(Cl)c1. The van der Waals surface area contributed by atoms with Crippen molar-refractivity contribution in [1.82, 2.24) is 10.3 Å². The Balaban J connectivity index is 2.44. The van der Waals surface area contributed by atoms with Gasteiger partial charge in [-0.3, -0.25) is 4.79 Å². The van der Waals surface area contributed by atoms with E-state index in [1.807, 2.05) is 0 Å². The number of nitrogens with one attached hydrogen (secondary N) is 1. The summed E-state index contributed by atoms with van der Waals surface area (Å²) in [5.74, 6) is -0.349. The fraction of sp³-hybridized carbons (Fsp3) is 0.125. The maximum atomic E-state index is 11.3. The molecule has 2 rings (SSSR count). The van der Waals surface area contributed by atoms with Crippen molar-refractivity contribution in [1.29, 1.82) is 0 Å². The zero-order valence-corrected chi connectivity index (χ0v) is 8.84. The highest BCUT2D eigenvalue weighted by Crippen LogP contribution is 2.23. The van der Waals surface area contributed by atoms with Crippen molar-refractivity contribution in [2.75, 3.05) is 11.4 Å². The van der Waals surface area contributed by atoms with Crippen LogP contribution in [0.2, 0.25) is 10.3 Å². The van der Waals surface area contributed by atoms with Crippen molar-refractivity contribution in [3.05, 3.63) is 22.4 Å². The first-order valence-electron chi connectivity index (χ1n) is 4.02. The molecule has 5 nitrogen and oxygen atoms in total. The average Bonchev–Trinajstić information content (AvgIpc) is 2.44. The third-order valence-corrected chi connectivity index (χ3v) is 2.24. The molecule has 1 saturated heterocycles. The molecule has 1 aromatic rings. The molecule has 1 aliphatic heterocycles. The highest BCUT2D eigenvalue weighted by atomic mass is 35.5. The molecule has 0 spiro atoms. The minimum absolute atomic E-state index is 0.0175. The van der Waals surface area contributed by atoms with Gasteiger partial charge in [0.25, 0.3) is 5.91 Å². The highest BCUT2D eigenvalue weighted by molar-refractivity contribution is 6.33. The van der Waals surface area contributed by atoms with Gasteiger partial charge < -0.3 is 5.32 Å². The maximum absolute atomic E-state index is 11.3. The van der Waals surface area contributed by atoms with Gasteiger partial charge in [0.2, 0.25) is 0 Å². The fourth-order valence-corrected chi connectivity index (χ4v) is 1.71. The normalized spacial score (nSPS) is 15.7. The zero-order chi connectivity index (χ0) is 11.0. The van der Waals surface area contributed by atoms with Crippen LogP contribution >= 0.6 is 23.2 Å². The molecule has 7 heteroatoms. The van der Waals surface area contributed by atoms with Crippen molar-refractivity contribution in [2.45, 2.75) is 0 Å². The van der Waals surface area contributed by atoms with E-state index >= 15 is 0 Å². The maximum Gasteiger partial charge on any atom is 0.329 e. The minimum atomic E-state index is -0.488. The van der Waals surface area contributed by atoms with E-state index in [9.17, 15) is 9.59 Å². The molecule has 2 heterocycles. The Morgan fingerprint density at radius 2 is 1.87 bits per heavy atom. The monoisotopic (exact) mass is 245 g/mol. The Hall–Kier alpha value is -1.33. The van der Waals surface area contributed by atoms with Gasteiger partial charge in [-0.2, -0.15) is 0 Å². The molecule has 3 amide bonds. The van der Waals surface area contributed by atoms with Gasteiger partial charge >= 0.3 is 6.03 Å². The summed E-state index contributed by atoms with van der Waals surface area (Å²) in [6, 6.07) is 2.31. The first-order valence-corrected chi connectivity index (χ1v) is 4.77. The van der Waals surface area contributed by atoms with E-state index in [-0.39, 0.29) is 22.8 Å². The molecular weight excluding hydrogens is 241 g/mol. The van der Waals surface area contributed by atoms with Crippen LogP contribution in [0.1, 0.15) is 0 Å². The number of hydrogen-bond acceptors (Lipinski definition) is 3. The van der Waals surface area contributed by atoms with E-state index in [0.29, 0.717) is 5.69 Å². The van der Waals surface area contributed by atoms with Crippen LogP contribution in [0, 0.1) is 0 Å². The number of aromatic nitrogens is 1. The van der Waals surface area contributed by atoms with Crippen LogP contribution in [0.3, 0.4) is 0 Å². The van der Waals surface area contributed by atoms with Crippen LogP contribution in [0.5, 0.6) is 0 Å². The number of carbonyl (C=O) groups is 2. The quantitative estimate of drug-likeness (QED) is 0.602. The smallest absolute Gasteiger partial charge is 0.328 e. The van der Waals surface area contributed by atoms with Crippen LogP contribution in [0.4, 0.5) is 10.5 Å². The summed E-state index contributed by atoms with van der Waals surface area (Å²) in [6.45, 7) is -0.0175. The number of hydrogen-bond donors (Lipinski definition) is 1. The van der Waals surface area contributed by atoms with Crippen molar-refractivity contribution in [3.63, 3.8) is 0 Å². The second-order valence-electron chi connectivity index (χ2n) is 2.86. The standard InChI is InChI=1S/C8H5Cl2N3O2/c9-5-1-4(2-6(10)12-5)13-7(14)3-11-8(13)15/h1-2H,3H2,(H,11,15). The Kier molecular flexibility index (Phi) is 2.50. The van der Waals surface area contributed by atoms with Crippen molar-refractivity contribution < 1.29 is 9.59 Å². The Bertz CT molecular complexity index is 413. The Morgan fingerprint density at radius 1 is 1.27 bits per heavy atom. The molecule has 1 aromatic heterocycles. The van der Waals surface area contributed by atoms with Gasteiger partial charge in [0.05, 0.1) is 12.2 Å². The number of imide groups is 1. The number of amides is 3. The van der Waals surface area contributed by atoms with Gasteiger partial charge in [-0.05, 0) is 12.1 Å². The van der Waals surface area contributed by atoms with Crippen LogP contribution in [-0.2, 0) is 4.79 Å². The molecule has 0 aliphatic carbocycles. The zero-order valence-electron chi connectivity index (χ0n) is 7.33. The Labute approximate surface area is 95.0 Å². The molecule has 15 heavy (non-hydrogen) atoms. The summed E-state index contributed by atoms with van der Waals surface area (Å²) in [7, 11) is 0. The molecule has 0 radical (unpaired) electrons. The van der Waals surface area contributed by atoms with Gasteiger partial charge in [0.15, 0.2) is 0 Å². The van der Waals surface area contributed by atoms with Gasteiger partial charge in [0, 0.05) is 0 Å². The molecule has 0 aromatic carbocycles. The lowest BCUT2D eigenvalue weighted by Crippen LogP contribution is -2.30. The number of rotatable bonds is 1. The summed E-state index contributed by atoms with van der Waals surface area (Å²) in [5.41, 5.74) is 0.319. The average molecular weight is 246 g/mol. The number of anilines is 1. The molecule has 0 saturated carbocycles. The first-order chi connectivity index (χ1) is 7.08. The summed E-state index contributed by atoms with van der Waals surface area (Å²) in [6.07, 6.45) is 0. The van der Waals surface area contributed by atoms with Crippen LogP contribution < -0.4 is 10.2 Å². The van der Waals surface area contributed by atoms with E-state index in [1.165, 1.54) is 12.1 Å². The van der Waals surface area contributed by atoms with E-state index in [1.54, 1.807) is 0 Å². The lowest BCUT2D eigenvalue weighted by molar-refractivity contribution is -0.115. The molecule has 78 valence electrons. The van der Waals surface area contributed by atoms with E-state index in [2.05, 4.69) is 10.3 Å². The van der Waals surface area contributed by atoms with Gasteiger partial charge in [-0.1, -0.05) is 23.2 Å². The second-order valence-corrected chi connectivity index (χ2v) is 3.63. The molecular formula is C8H5Cl2N3O2. The van der Waals surface area contributed by atoms with Gasteiger partial charge in [0.1, 0.15) is 10.3 Å². The lowest BCUT2D eigenvalue weighted by Gasteiger charge is -2.12. The number of pyridine rings is 1. The van der Waals surface area contributed by atoms with Crippen molar-refractivity contribution in [3.8, 4) is 0 Å². The van der Waals surface area contributed by atoms with Crippen LogP contribution in [-0.4, -0.2) is 23.5 Å². The number of halogens is 2. The highest BCUT2D eigenvalue weighted by Gasteiger charge is 2.30. The third kappa shape index (κ3) is 1.88. The number of urea groups is 1. The first kappa shape index (κ1) is 10.2. The molecule has 0 atom stereocenters. The molecule has 1 fully saturated rings. The Morgan fingerprint density at radius 3 is 2.33 bits per heavy atom. The van der Waals surface area contributed by atoms with Crippen LogP contribution in [0.25, 0.3) is 0 Å². The molecule has 0 bridgehead atoms. The predicted molar refractivity (Wildman–Crippen MR) is 55.1 cm³/mol. The summed E-state index contributed by atoms with van der Waals surface area (Å²) >= 11 is 11.3. The second kappa shape index (κ2) is 3.67. The summed E-state index contributed by atoms with van der Waals surface area (Å²) < 4.78 is 0.